The van der Waals surface area contributed by atoms with Gasteiger partial charge in [-0.2, -0.15) is 9.67 Å². The van der Waals surface area contributed by atoms with Gasteiger partial charge in [0.2, 0.25) is 5.95 Å². The van der Waals surface area contributed by atoms with Crippen molar-refractivity contribution >= 4 is 17.5 Å². The van der Waals surface area contributed by atoms with Gasteiger partial charge in [-0.1, -0.05) is 24.6 Å². The number of fused-ring (bicyclic) bond motifs is 5. The summed E-state index contributed by atoms with van der Waals surface area (Å²) in [5.74, 6) is -0.202. The van der Waals surface area contributed by atoms with E-state index >= 15 is 0 Å². The first kappa shape index (κ1) is 22.5. The highest BCUT2D eigenvalue weighted by Gasteiger charge is 2.29. The lowest BCUT2D eigenvalue weighted by atomic mass is 10.1. The predicted octanol–water partition coefficient (Wildman–Crippen LogP) is 3.95. The summed E-state index contributed by atoms with van der Waals surface area (Å²) in [5.41, 5.74) is 2.77. The number of para-hydroxylation sites is 2. The van der Waals surface area contributed by atoms with E-state index in [4.69, 9.17) is 4.98 Å². The van der Waals surface area contributed by atoms with Gasteiger partial charge >= 0.3 is 0 Å². The third-order valence-electron chi connectivity index (χ3n) is 6.62. The zero-order valence-electron chi connectivity index (χ0n) is 19.6. The monoisotopic (exact) mass is 489 g/mol. The molecule has 0 bridgehead atoms. The van der Waals surface area contributed by atoms with Crippen LogP contribution in [0.15, 0.2) is 48.7 Å². The summed E-state index contributed by atoms with van der Waals surface area (Å²) in [6, 6.07) is 11.6. The zero-order chi connectivity index (χ0) is 24.5. The maximum absolute atomic E-state index is 14.1. The molecule has 0 saturated carbocycles. The van der Waals surface area contributed by atoms with Gasteiger partial charge in [-0.3, -0.25) is 0 Å². The number of benzene rings is 2. The normalized spacial score (nSPS) is 15.1. The van der Waals surface area contributed by atoms with Crippen LogP contribution in [0.3, 0.4) is 0 Å². The van der Waals surface area contributed by atoms with E-state index in [0.717, 1.165) is 43.6 Å². The fourth-order valence-corrected chi connectivity index (χ4v) is 4.81. The number of rotatable bonds is 6. The van der Waals surface area contributed by atoms with Gasteiger partial charge in [0.1, 0.15) is 5.82 Å². The summed E-state index contributed by atoms with van der Waals surface area (Å²) >= 11 is 0. The van der Waals surface area contributed by atoms with Crippen LogP contribution in [0.4, 0.5) is 26.2 Å². The molecule has 11 heteroatoms. The molecule has 0 aliphatic carbocycles. The van der Waals surface area contributed by atoms with Crippen molar-refractivity contribution in [3.05, 3.63) is 65.9 Å². The van der Waals surface area contributed by atoms with E-state index in [2.05, 4.69) is 30.7 Å². The SMILES string of the molecule is Fc1ccc(CN2c3ccccc3-n3nnnc3-c3cnc(NCCN4CCCCC4)nc32)cc1F. The van der Waals surface area contributed by atoms with E-state index in [-0.39, 0.29) is 6.54 Å². The van der Waals surface area contributed by atoms with Crippen LogP contribution in [0, 0.1) is 11.6 Å². The lowest BCUT2D eigenvalue weighted by molar-refractivity contribution is 0.237. The highest BCUT2D eigenvalue weighted by molar-refractivity contribution is 5.83. The maximum atomic E-state index is 14.1. The summed E-state index contributed by atoms with van der Waals surface area (Å²) in [6.45, 7) is 4.13. The molecule has 2 aliphatic heterocycles. The van der Waals surface area contributed by atoms with Crippen molar-refractivity contribution in [1.82, 2.24) is 35.1 Å². The number of hydrogen-bond acceptors (Lipinski definition) is 8. The van der Waals surface area contributed by atoms with Gasteiger partial charge in [0.05, 0.1) is 16.9 Å². The molecule has 2 aromatic heterocycles. The molecule has 4 heterocycles. The molecule has 0 radical (unpaired) electrons. The summed E-state index contributed by atoms with van der Waals surface area (Å²) in [4.78, 5) is 13.8. The van der Waals surface area contributed by atoms with Crippen LogP contribution in [0.2, 0.25) is 0 Å². The molecule has 1 fully saturated rings. The van der Waals surface area contributed by atoms with Gasteiger partial charge in [-0.05, 0) is 66.2 Å². The summed E-state index contributed by atoms with van der Waals surface area (Å²) < 4.78 is 29.3. The van der Waals surface area contributed by atoms with Crippen molar-refractivity contribution in [2.75, 3.05) is 36.4 Å². The Morgan fingerprint density at radius 1 is 0.944 bits per heavy atom. The predicted molar refractivity (Wildman–Crippen MR) is 131 cm³/mol. The molecule has 6 rings (SSSR count). The summed E-state index contributed by atoms with van der Waals surface area (Å²) in [7, 11) is 0. The maximum Gasteiger partial charge on any atom is 0.224 e. The Morgan fingerprint density at radius 3 is 2.61 bits per heavy atom. The molecule has 4 aromatic rings. The Morgan fingerprint density at radius 2 is 1.78 bits per heavy atom. The first-order valence-corrected chi connectivity index (χ1v) is 12.1. The third kappa shape index (κ3) is 4.26. The molecule has 0 amide bonds. The highest BCUT2D eigenvalue weighted by atomic mass is 19.2. The number of nitrogens with one attached hydrogen (secondary N) is 1. The molecule has 2 aliphatic rings. The first-order chi connectivity index (χ1) is 17.7. The van der Waals surface area contributed by atoms with E-state index in [1.165, 1.54) is 25.3 Å². The summed E-state index contributed by atoms with van der Waals surface area (Å²) in [5, 5.41) is 15.6. The lowest BCUT2D eigenvalue weighted by Gasteiger charge is -2.27. The van der Waals surface area contributed by atoms with Crippen molar-refractivity contribution in [1.29, 1.82) is 0 Å². The second-order valence-corrected chi connectivity index (χ2v) is 9.00. The largest absolute Gasteiger partial charge is 0.353 e. The molecule has 9 nitrogen and oxygen atoms in total. The number of piperidine rings is 1. The van der Waals surface area contributed by atoms with E-state index in [0.29, 0.717) is 28.7 Å². The Kier molecular flexibility index (Phi) is 5.98. The van der Waals surface area contributed by atoms with Gasteiger partial charge in [-0.15, -0.1) is 5.10 Å². The molecule has 0 unspecified atom stereocenters. The molecule has 1 saturated heterocycles. The second-order valence-electron chi connectivity index (χ2n) is 9.00. The van der Waals surface area contributed by atoms with Crippen molar-refractivity contribution in [2.24, 2.45) is 0 Å². The first-order valence-electron chi connectivity index (χ1n) is 12.1. The van der Waals surface area contributed by atoms with Crippen LogP contribution in [0.5, 0.6) is 0 Å². The number of likely N-dealkylation sites (tertiary alicyclic amines) is 1. The van der Waals surface area contributed by atoms with E-state index < -0.39 is 11.6 Å². The Labute approximate surface area is 206 Å². The van der Waals surface area contributed by atoms with Gasteiger partial charge in [0.15, 0.2) is 17.5 Å². The Bertz CT molecular complexity index is 1380. The summed E-state index contributed by atoms with van der Waals surface area (Å²) in [6.07, 6.45) is 5.48. The van der Waals surface area contributed by atoms with Crippen molar-refractivity contribution < 1.29 is 8.78 Å². The van der Waals surface area contributed by atoms with Crippen LogP contribution < -0.4 is 10.2 Å². The molecule has 2 aromatic carbocycles. The number of tetrazole rings is 1. The molecular formula is C25H25F2N9. The third-order valence-corrected chi connectivity index (χ3v) is 6.62. The molecule has 36 heavy (non-hydrogen) atoms. The fraction of sp³-hybridized carbons (Fsp3) is 0.320. The lowest BCUT2D eigenvalue weighted by Crippen LogP contribution is -2.34. The van der Waals surface area contributed by atoms with E-state index in [1.807, 2.05) is 29.2 Å². The van der Waals surface area contributed by atoms with Crippen molar-refractivity contribution in [3.8, 4) is 17.1 Å². The Balaban J connectivity index is 1.38. The molecule has 0 spiro atoms. The Hall–Kier alpha value is -3.99. The fourth-order valence-electron chi connectivity index (χ4n) is 4.81. The van der Waals surface area contributed by atoms with Crippen LogP contribution >= 0.6 is 0 Å². The van der Waals surface area contributed by atoms with Gasteiger partial charge < -0.3 is 15.1 Å². The molecule has 1 N–H and O–H groups in total. The van der Waals surface area contributed by atoms with Crippen LogP contribution in [0.1, 0.15) is 24.8 Å². The molecular weight excluding hydrogens is 464 g/mol. The number of halogens is 2. The number of nitrogens with zero attached hydrogens (tertiary/aromatic N) is 8. The topological polar surface area (TPSA) is 87.9 Å². The van der Waals surface area contributed by atoms with Gasteiger partial charge in [0, 0.05) is 25.8 Å². The van der Waals surface area contributed by atoms with Crippen LogP contribution in [-0.4, -0.2) is 61.3 Å². The van der Waals surface area contributed by atoms with Crippen LogP contribution in [0.25, 0.3) is 17.1 Å². The van der Waals surface area contributed by atoms with Crippen LogP contribution in [-0.2, 0) is 6.54 Å². The average molecular weight is 490 g/mol. The highest BCUT2D eigenvalue weighted by Crippen LogP contribution is 2.41. The quantitative estimate of drug-likeness (QED) is 0.436. The standard InChI is InChI=1S/C25H25F2N9/c26-19-9-8-17(14-20(19)27)16-35-21-6-2-3-7-22(21)36-24(31-32-33-36)18-15-29-25(30-23(18)35)28-10-13-34-11-4-1-5-12-34/h2-3,6-9,14-15H,1,4-5,10-13,16H2,(H,28,29,30). The van der Waals surface area contributed by atoms with Crippen molar-refractivity contribution in [2.45, 2.75) is 25.8 Å². The number of aromatic nitrogens is 6. The molecule has 184 valence electrons. The minimum atomic E-state index is -0.891. The molecule has 0 atom stereocenters. The minimum absolute atomic E-state index is 0.254. The van der Waals surface area contributed by atoms with E-state index in [1.54, 1.807) is 16.9 Å². The van der Waals surface area contributed by atoms with E-state index in [9.17, 15) is 8.78 Å². The zero-order valence-corrected chi connectivity index (χ0v) is 19.6. The second kappa shape index (κ2) is 9.57. The van der Waals surface area contributed by atoms with Crippen molar-refractivity contribution in [3.63, 3.8) is 0 Å². The van der Waals surface area contributed by atoms with Gasteiger partial charge in [0.25, 0.3) is 0 Å². The van der Waals surface area contributed by atoms with Gasteiger partial charge in [-0.25, -0.2) is 13.8 Å². The average Bonchev–Trinajstić information content (AvgIpc) is 3.36. The number of hydrogen-bond donors (Lipinski definition) is 1. The smallest absolute Gasteiger partial charge is 0.224 e. The minimum Gasteiger partial charge on any atom is -0.353 e. The number of anilines is 3.